The van der Waals surface area contributed by atoms with E-state index in [1.54, 1.807) is 25.3 Å². The minimum atomic E-state index is -0.289. The first-order chi connectivity index (χ1) is 10.2. The smallest absolute Gasteiger partial charge is 0.291 e. The van der Waals surface area contributed by atoms with Gasteiger partial charge in [0.15, 0.2) is 5.76 Å². The Hall–Kier alpha value is -2.27. The van der Waals surface area contributed by atoms with Gasteiger partial charge in [0.05, 0.1) is 7.11 Å². The molecule has 0 aliphatic rings. The molecule has 0 fully saturated rings. The number of hydrogen-bond donors (Lipinski definition) is 1. The number of hydrogen-bond acceptors (Lipinski definition) is 3. The van der Waals surface area contributed by atoms with E-state index >= 15 is 0 Å². The fourth-order valence-electron chi connectivity index (χ4n) is 2.02. The number of benzene rings is 2. The highest BCUT2D eigenvalue weighted by atomic mass is 79.9. The number of ether oxygens (including phenoxy) is 1. The first-order valence-electron chi connectivity index (χ1n) is 6.30. The van der Waals surface area contributed by atoms with Crippen LogP contribution < -0.4 is 10.1 Å². The van der Waals surface area contributed by atoms with Crippen LogP contribution in [0.3, 0.4) is 0 Å². The van der Waals surface area contributed by atoms with Gasteiger partial charge >= 0.3 is 0 Å². The molecule has 0 radical (unpaired) electrons. The fraction of sp³-hybridized carbons (Fsp3) is 0.0625. The zero-order valence-electron chi connectivity index (χ0n) is 11.2. The van der Waals surface area contributed by atoms with Crippen LogP contribution in [0.4, 0.5) is 5.69 Å². The second-order valence-corrected chi connectivity index (χ2v) is 5.39. The molecule has 5 heteroatoms. The maximum absolute atomic E-state index is 12.2. The fourth-order valence-corrected chi connectivity index (χ4v) is 2.42. The van der Waals surface area contributed by atoms with Crippen molar-refractivity contribution >= 4 is 38.5 Å². The van der Waals surface area contributed by atoms with Gasteiger partial charge in [-0.3, -0.25) is 4.79 Å². The Bertz CT molecular complexity index is 810. The second-order valence-electron chi connectivity index (χ2n) is 4.48. The number of fused-ring (bicyclic) bond motifs is 1. The first kappa shape index (κ1) is 13.7. The van der Waals surface area contributed by atoms with Crippen LogP contribution in [-0.2, 0) is 0 Å². The summed E-state index contributed by atoms with van der Waals surface area (Å²) in [5, 5.41) is 3.62. The number of carbonyl (C=O) groups is 1. The van der Waals surface area contributed by atoms with Crippen molar-refractivity contribution in [1.29, 1.82) is 0 Å². The predicted octanol–water partition coefficient (Wildman–Crippen LogP) is 4.46. The summed E-state index contributed by atoms with van der Waals surface area (Å²) in [6, 6.07) is 14.5. The number of methoxy groups -OCH3 is 1. The van der Waals surface area contributed by atoms with Gasteiger partial charge in [0.25, 0.3) is 5.91 Å². The predicted molar refractivity (Wildman–Crippen MR) is 84.9 cm³/mol. The van der Waals surface area contributed by atoms with Crippen molar-refractivity contribution in [1.82, 2.24) is 0 Å². The third-order valence-corrected chi connectivity index (χ3v) is 3.52. The van der Waals surface area contributed by atoms with Crippen molar-refractivity contribution in [2.24, 2.45) is 0 Å². The molecule has 3 rings (SSSR count). The number of rotatable bonds is 3. The molecule has 1 N–H and O–H groups in total. The summed E-state index contributed by atoms with van der Waals surface area (Å²) in [5.41, 5.74) is 1.35. The number of halogens is 1. The SMILES string of the molecule is COc1ccc2oc(C(=O)Nc3cccc(Br)c3)cc2c1. The Balaban J connectivity index is 1.87. The summed E-state index contributed by atoms with van der Waals surface area (Å²) in [5.74, 6) is 0.698. The number of nitrogens with one attached hydrogen (secondary N) is 1. The molecule has 4 nitrogen and oxygen atoms in total. The minimum Gasteiger partial charge on any atom is -0.497 e. The molecule has 1 heterocycles. The van der Waals surface area contributed by atoms with Gasteiger partial charge in [-0.1, -0.05) is 22.0 Å². The van der Waals surface area contributed by atoms with Gasteiger partial charge in [-0.2, -0.15) is 0 Å². The zero-order valence-corrected chi connectivity index (χ0v) is 12.8. The van der Waals surface area contributed by atoms with Crippen molar-refractivity contribution in [3.05, 3.63) is 58.8 Å². The van der Waals surface area contributed by atoms with Crippen molar-refractivity contribution in [2.75, 3.05) is 12.4 Å². The van der Waals surface area contributed by atoms with Crippen LogP contribution in [0.1, 0.15) is 10.6 Å². The quantitative estimate of drug-likeness (QED) is 0.762. The van der Waals surface area contributed by atoms with Crippen molar-refractivity contribution in [3.8, 4) is 5.75 Å². The van der Waals surface area contributed by atoms with Gasteiger partial charge < -0.3 is 14.5 Å². The molecule has 1 aromatic heterocycles. The number of amides is 1. The summed E-state index contributed by atoms with van der Waals surface area (Å²) in [7, 11) is 1.60. The maximum Gasteiger partial charge on any atom is 0.291 e. The number of furan rings is 1. The van der Waals surface area contributed by atoms with E-state index in [-0.39, 0.29) is 11.7 Å². The molecule has 0 atom stereocenters. The van der Waals surface area contributed by atoms with Crippen LogP contribution in [0.2, 0.25) is 0 Å². The van der Waals surface area contributed by atoms with Crippen LogP contribution in [-0.4, -0.2) is 13.0 Å². The van der Waals surface area contributed by atoms with E-state index in [1.165, 1.54) is 0 Å². The molecule has 3 aromatic rings. The zero-order chi connectivity index (χ0) is 14.8. The van der Waals surface area contributed by atoms with E-state index in [2.05, 4.69) is 21.2 Å². The molecular weight excluding hydrogens is 334 g/mol. The van der Waals surface area contributed by atoms with E-state index in [1.807, 2.05) is 30.3 Å². The van der Waals surface area contributed by atoms with Gasteiger partial charge in [-0.25, -0.2) is 0 Å². The maximum atomic E-state index is 12.2. The molecule has 21 heavy (non-hydrogen) atoms. The van der Waals surface area contributed by atoms with Crippen LogP contribution in [0.5, 0.6) is 5.75 Å². The molecular formula is C16H12BrNO3. The number of carbonyl (C=O) groups excluding carboxylic acids is 1. The topological polar surface area (TPSA) is 51.5 Å². The first-order valence-corrected chi connectivity index (χ1v) is 7.09. The second kappa shape index (κ2) is 5.61. The van der Waals surface area contributed by atoms with Gasteiger partial charge in [-0.05, 0) is 42.5 Å². The molecule has 0 unspecified atom stereocenters. The highest BCUT2D eigenvalue weighted by Gasteiger charge is 2.13. The van der Waals surface area contributed by atoms with E-state index in [0.717, 1.165) is 15.6 Å². The van der Waals surface area contributed by atoms with Crippen molar-refractivity contribution < 1.29 is 13.9 Å². The number of anilines is 1. The summed E-state index contributed by atoms with van der Waals surface area (Å²) in [6.45, 7) is 0. The molecule has 0 aliphatic carbocycles. The van der Waals surface area contributed by atoms with Crippen LogP contribution in [0, 0.1) is 0 Å². The van der Waals surface area contributed by atoms with Crippen LogP contribution in [0.25, 0.3) is 11.0 Å². The monoisotopic (exact) mass is 345 g/mol. The molecule has 0 saturated heterocycles. The summed E-state index contributed by atoms with van der Waals surface area (Å²) in [4.78, 5) is 12.2. The Morgan fingerprint density at radius 1 is 1.19 bits per heavy atom. The minimum absolute atomic E-state index is 0.262. The lowest BCUT2D eigenvalue weighted by atomic mass is 10.2. The van der Waals surface area contributed by atoms with Crippen molar-refractivity contribution in [3.63, 3.8) is 0 Å². The molecule has 106 valence electrons. The van der Waals surface area contributed by atoms with Crippen molar-refractivity contribution in [2.45, 2.75) is 0 Å². The molecule has 0 aliphatic heterocycles. The lowest BCUT2D eigenvalue weighted by Crippen LogP contribution is -2.10. The van der Waals surface area contributed by atoms with E-state index in [9.17, 15) is 4.79 Å². The van der Waals surface area contributed by atoms with Gasteiger partial charge in [-0.15, -0.1) is 0 Å². The summed E-state index contributed by atoms with van der Waals surface area (Å²) >= 11 is 3.36. The molecule has 1 amide bonds. The molecule has 0 bridgehead atoms. The van der Waals surface area contributed by atoms with Crippen LogP contribution >= 0.6 is 15.9 Å². The van der Waals surface area contributed by atoms with E-state index in [4.69, 9.17) is 9.15 Å². The Morgan fingerprint density at radius 2 is 2.05 bits per heavy atom. The summed E-state index contributed by atoms with van der Waals surface area (Å²) in [6.07, 6.45) is 0. The third-order valence-electron chi connectivity index (χ3n) is 3.03. The van der Waals surface area contributed by atoms with Gasteiger partial charge in [0.2, 0.25) is 0 Å². The Kier molecular flexibility index (Phi) is 3.66. The normalized spacial score (nSPS) is 10.6. The third kappa shape index (κ3) is 2.92. The Morgan fingerprint density at radius 3 is 2.81 bits per heavy atom. The highest BCUT2D eigenvalue weighted by Crippen LogP contribution is 2.25. The van der Waals surface area contributed by atoms with E-state index in [0.29, 0.717) is 11.3 Å². The average Bonchev–Trinajstić information content (AvgIpc) is 2.90. The molecule has 0 saturated carbocycles. The largest absolute Gasteiger partial charge is 0.497 e. The summed E-state index contributed by atoms with van der Waals surface area (Å²) < 4.78 is 11.6. The molecule has 0 spiro atoms. The standard InChI is InChI=1S/C16H12BrNO3/c1-20-13-5-6-14-10(7-13)8-15(21-14)16(19)18-12-4-2-3-11(17)9-12/h2-9H,1H3,(H,18,19). The Labute approximate surface area is 129 Å². The lowest BCUT2D eigenvalue weighted by Gasteiger charge is -2.02. The lowest BCUT2D eigenvalue weighted by molar-refractivity contribution is 0.0998. The van der Waals surface area contributed by atoms with Gasteiger partial charge in [0.1, 0.15) is 11.3 Å². The van der Waals surface area contributed by atoms with Crippen LogP contribution in [0.15, 0.2) is 57.4 Å². The van der Waals surface area contributed by atoms with E-state index < -0.39 is 0 Å². The highest BCUT2D eigenvalue weighted by molar-refractivity contribution is 9.10. The average molecular weight is 346 g/mol. The van der Waals surface area contributed by atoms with Gasteiger partial charge in [0, 0.05) is 15.5 Å². The molecule has 2 aromatic carbocycles.